The molecule has 0 aromatic carbocycles. The van der Waals surface area contributed by atoms with E-state index in [0.717, 1.165) is 40.6 Å². The second-order valence-electron chi connectivity index (χ2n) is 5.41. The molecule has 0 amide bonds. The number of rotatable bonds is 5. The minimum absolute atomic E-state index is 0.587. The van der Waals surface area contributed by atoms with Crippen molar-refractivity contribution in [1.29, 1.82) is 0 Å². The monoisotopic (exact) mass is 315 g/mol. The van der Waals surface area contributed by atoms with E-state index in [0.29, 0.717) is 12.3 Å². The first-order valence-corrected chi connectivity index (χ1v) is 7.56. The lowest BCUT2D eigenvalue weighted by Gasteiger charge is -2.13. The summed E-state index contributed by atoms with van der Waals surface area (Å²) in [7, 11) is 3.55. The molecular formula is C15H21N7O. The van der Waals surface area contributed by atoms with Gasteiger partial charge in [0.1, 0.15) is 12.1 Å². The molecule has 3 aromatic heterocycles. The highest BCUT2D eigenvalue weighted by Crippen LogP contribution is 2.25. The summed E-state index contributed by atoms with van der Waals surface area (Å²) < 4.78 is 8.98. The Bertz CT molecular complexity index is 849. The van der Waals surface area contributed by atoms with Crippen LogP contribution in [0, 0.1) is 13.8 Å². The molecule has 8 nitrogen and oxygen atoms in total. The van der Waals surface area contributed by atoms with Gasteiger partial charge in [-0.1, -0.05) is 6.92 Å². The summed E-state index contributed by atoms with van der Waals surface area (Å²) in [6.07, 6.45) is 2.36. The van der Waals surface area contributed by atoms with Crippen molar-refractivity contribution in [3.8, 4) is 5.88 Å². The maximum absolute atomic E-state index is 5.49. The van der Waals surface area contributed by atoms with Crippen LogP contribution in [0.4, 0.5) is 5.82 Å². The van der Waals surface area contributed by atoms with Crippen LogP contribution in [-0.2, 0) is 20.0 Å². The first kappa shape index (κ1) is 15.3. The van der Waals surface area contributed by atoms with Gasteiger partial charge in [0.15, 0.2) is 0 Å². The number of hydrogen-bond acceptors (Lipinski definition) is 6. The van der Waals surface area contributed by atoms with Gasteiger partial charge in [-0.15, -0.1) is 0 Å². The van der Waals surface area contributed by atoms with Crippen molar-refractivity contribution in [3.63, 3.8) is 0 Å². The van der Waals surface area contributed by atoms with Crippen molar-refractivity contribution < 1.29 is 4.74 Å². The molecule has 1 N–H and O–H groups in total. The normalized spacial score (nSPS) is 11.2. The Morgan fingerprint density at radius 1 is 1.30 bits per heavy atom. The van der Waals surface area contributed by atoms with Crippen LogP contribution in [0.2, 0.25) is 0 Å². The van der Waals surface area contributed by atoms with E-state index in [4.69, 9.17) is 4.74 Å². The van der Waals surface area contributed by atoms with Crippen molar-refractivity contribution in [3.05, 3.63) is 28.8 Å². The lowest BCUT2D eigenvalue weighted by Crippen LogP contribution is -2.11. The second kappa shape index (κ2) is 5.86. The van der Waals surface area contributed by atoms with Gasteiger partial charge in [0, 0.05) is 24.8 Å². The Labute approximate surface area is 134 Å². The van der Waals surface area contributed by atoms with Gasteiger partial charge in [0.05, 0.1) is 18.4 Å². The van der Waals surface area contributed by atoms with Gasteiger partial charge in [0.2, 0.25) is 5.88 Å². The summed E-state index contributed by atoms with van der Waals surface area (Å²) in [4.78, 5) is 8.60. The van der Waals surface area contributed by atoms with Crippen LogP contribution in [0.3, 0.4) is 0 Å². The minimum atomic E-state index is 0.587. The third-order valence-corrected chi connectivity index (χ3v) is 4.04. The van der Waals surface area contributed by atoms with Crippen LogP contribution < -0.4 is 10.1 Å². The number of ether oxygens (including phenoxy) is 1. The average molecular weight is 315 g/mol. The summed E-state index contributed by atoms with van der Waals surface area (Å²) >= 11 is 0. The van der Waals surface area contributed by atoms with Crippen molar-refractivity contribution in [2.75, 3.05) is 12.4 Å². The Hall–Kier alpha value is -2.64. The predicted octanol–water partition coefficient (Wildman–Crippen LogP) is 1.66. The van der Waals surface area contributed by atoms with Crippen molar-refractivity contribution in [2.24, 2.45) is 7.05 Å². The summed E-state index contributed by atoms with van der Waals surface area (Å²) in [5.41, 5.74) is 4.06. The van der Waals surface area contributed by atoms with Crippen LogP contribution >= 0.6 is 0 Å². The molecule has 0 radical (unpaired) electrons. The number of anilines is 1. The van der Waals surface area contributed by atoms with Crippen LogP contribution in [0.5, 0.6) is 5.88 Å². The van der Waals surface area contributed by atoms with Crippen LogP contribution in [0.1, 0.15) is 29.4 Å². The van der Waals surface area contributed by atoms with E-state index < -0.39 is 0 Å². The van der Waals surface area contributed by atoms with Crippen LogP contribution in [0.25, 0.3) is 5.78 Å². The molecule has 122 valence electrons. The van der Waals surface area contributed by atoms with Gasteiger partial charge < -0.3 is 10.1 Å². The van der Waals surface area contributed by atoms with E-state index in [9.17, 15) is 0 Å². The molecule has 0 saturated heterocycles. The highest BCUT2D eigenvalue weighted by Gasteiger charge is 2.17. The molecule has 3 aromatic rings. The molecule has 8 heteroatoms. The van der Waals surface area contributed by atoms with Gasteiger partial charge >= 0.3 is 0 Å². The molecule has 23 heavy (non-hydrogen) atoms. The van der Waals surface area contributed by atoms with Crippen LogP contribution in [0.15, 0.2) is 6.33 Å². The topological polar surface area (TPSA) is 82.2 Å². The molecule has 0 bridgehead atoms. The Morgan fingerprint density at radius 3 is 2.78 bits per heavy atom. The number of nitrogens with one attached hydrogen (secondary N) is 1. The Balaban J connectivity index is 1.99. The van der Waals surface area contributed by atoms with Gasteiger partial charge in [-0.25, -0.2) is 9.67 Å². The molecular weight excluding hydrogens is 294 g/mol. The van der Waals surface area contributed by atoms with Gasteiger partial charge in [-0.05, 0) is 20.3 Å². The lowest BCUT2D eigenvalue weighted by atomic mass is 10.2. The van der Waals surface area contributed by atoms with E-state index in [2.05, 4.69) is 32.4 Å². The Morgan fingerprint density at radius 2 is 2.09 bits per heavy atom. The zero-order valence-corrected chi connectivity index (χ0v) is 14.1. The first-order chi connectivity index (χ1) is 11.1. The third kappa shape index (κ3) is 2.49. The summed E-state index contributed by atoms with van der Waals surface area (Å²) in [5.74, 6) is 2.25. The third-order valence-electron chi connectivity index (χ3n) is 4.04. The number of aryl methyl sites for hydroxylation is 3. The summed E-state index contributed by atoms with van der Waals surface area (Å²) in [6.45, 7) is 6.67. The lowest BCUT2D eigenvalue weighted by molar-refractivity contribution is 0.369. The number of fused-ring (bicyclic) bond motifs is 1. The van der Waals surface area contributed by atoms with E-state index in [1.165, 1.54) is 6.33 Å². The highest BCUT2D eigenvalue weighted by molar-refractivity contribution is 5.52. The van der Waals surface area contributed by atoms with E-state index >= 15 is 0 Å². The Kier molecular flexibility index (Phi) is 3.89. The van der Waals surface area contributed by atoms with Crippen molar-refractivity contribution in [1.82, 2.24) is 29.4 Å². The molecule has 0 aliphatic heterocycles. The summed E-state index contributed by atoms with van der Waals surface area (Å²) in [6, 6.07) is 0. The SMILES string of the molecule is CCc1nn(C)c(OC)c1CNc1c(C)c(C)nc2ncnn12. The number of hydrogen-bond donors (Lipinski definition) is 1. The molecule has 3 rings (SSSR count). The predicted molar refractivity (Wildman–Crippen MR) is 86.7 cm³/mol. The fourth-order valence-corrected chi connectivity index (χ4v) is 2.74. The minimum Gasteiger partial charge on any atom is -0.481 e. The van der Waals surface area contributed by atoms with E-state index in [1.54, 1.807) is 16.3 Å². The van der Waals surface area contributed by atoms with Gasteiger partial charge in [0.25, 0.3) is 5.78 Å². The maximum atomic E-state index is 5.49. The molecule has 0 saturated carbocycles. The number of methoxy groups -OCH3 is 1. The zero-order chi connectivity index (χ0) is 16.6. The van der Waals surface area contributed by atoms with Crippen molar-refractivity contribution in [2.45, 2.75) is 33.7 Å². The maximum Gasteiger partial charge on any atom is 0.254 e. The molecule has 0 unspecified atom stereocenters. The highest BCUT2D eigenvalue weighted by atomic mass is 16.5. The second-order valence-corrected chi connectivity index (χ2v) is 5.41. The zero-order valence-electron chi connectivity index (χ0n) is 14.1. The van der Waals surface area contributed by atoms with Gasteiger partial charge in [-0.3, -0.25) is 0 Å². The van der Waals surface area contributed by atoms with Crippen molar-refractivity contribution >= 4 is 11.6 Å². The van der Waals surface area contributed by atoms with E-state index in [-0.39, 0.29) is 0 Å². The van der Waals surface area contributed by atoms with Gasteiger partial charge in [-0.2, -0.15) is 19.7 Å². The molecule has 0 atom stereocenters. The van der Waals surface area contributed by atoms with Crippen LogP contribution in [-0.4, -0.2) is 36.5 Å². The van der Waals surface area contributed by atoms with E-state index in [1.807, 2.05) is 20.9 Å². The molecule has 3 heterocycles. The number of aromatic nitrogens is 6. The number of nitrogens with zero attached hydrogens (tertiary/aromatic N) is 6. The fraction of sp³-hybridized carbons (Fsp3) is 0.467. The molecule has 0 aliphatic rings. The molecule has 0 spiro atoms. The molecule has 0 fully saturated rings. The smallest absolute Gasteiger partial charge is 0.254 e. The standard InChI is InChI=1S/C15H21N7O/c1-6-12-11(14(23-5)21(4)20-12)7-16-13-9(2)10(3)19-15-17-8-18-22(13)15/h8,16H,6-7H2,1-5H3. The molecule has 0 aliphatic carbocycles. The fourth-order valence-electron chi connectivity index (χ4n) is 2.74. The summed E-state index contributed by atoms with van der Waals surface area (Å²) in [5, 5.41) is 12.2. The first-order valence-electron chi connectivity index (χ1n) is 7.56. The largest absolute Gasteiger partial charge is 0.481 e. The average Bonchev–Trinajstić information content (AvgIpc) is 3.11. The quantitative estimate of drug-likeness (QED) is 0.771.